The number of nitrogens with zero attached hydrogens (tertiary/aromatic N) is 1. The zero-order valence-electron chi connectivity index (χ0n) is 13.3. The van der Waals surface area contributed by atoms with E-state index in [0.717, 1.165) is 14.9 Å². The molecule has 1 aromatic heterocycles. The summed E-state index contributed by atoms with van der Waals surface area (Å²) in [5.41, 5.74) is 7.02. The third kappa shape index (κ3) is 4.69. The van der Waals surface area contributed by atoms with Crippen LogP contribution in [-0.4, -0.2) is 10.9 Å². The third-order valence-corrected chi connectivity index (χ3v) is 4.20. The maximum atomic E-state index is 12.2. The molecule has 0 saturated heterocycles. The summed E-state index contributed by atoms with van der Waals surface area (Å²) in [6, 6.07) is 18.7. The van der Waals surface area contributed by atoms with E-state index in [9.17, 15) is 4.79 Å². The van der Waals surface area contributed by atoms with Crippen LogP contribution in [0.25, 0.3) is 0 Å². The van der Waals surface area contributed by atoms with Crippen molar-refractivity contribution in [3.8, 4) is 11.5 Å². The Labute approximate surface area is 159 Å². The molecule has 2 aromatic carbocycles. The van der Waals surface area contributed by atoms with E-state index in [1.165, 1.54) is 0 Å². The molecule has 126 valence electrons. The summed E-state index contributed by atoms with van der Waals surface area (Å²) in [4.78, 5) is 16.1. The fraction of sp³-hybridized carbons (Fsp3) is 0.0526. The van der Waals surface area contributed by atoms with Crippen LogP contribution in [0, 0.1) is 3.57 Å². The standard InChI is InChI=1S/C19H16IN3O2/c20-14-6-8-15(9-7-14)25-16-4-1-3-13(11-16)12-23-19(24)17-5-2-10-22-18(17)21/h1-11H,12H2,(H2,21,22)(H,23,24). The van der Waals surface area contributed by atoms with Gasteiger partial charge >= 0.3 is 0 Å². The summed E-state index contributed by atoms with van der Waals surface area (Å²) in [6.07, 6.45) is 1.55. The Kier molecular flexibility index (Phi) is 5.49. The molecule has 0 aliphatic carbocycles. The predicted molar refractivity (Wildman–Crippen MR) is 105 cm³/mol. The van der Waals surface area contributed by atoms with Crippen LogP contribution in [0.5, 0.6) is 11.5 Å². The molecule has 0 spiro atoms. The van der Waals surface area contributed by atoms with Gasteiger partial charge in [-0.25, -0.2) is 4.98 Å². The van der Waals surface area contributed by atoms with E-state index in [1.54, 1.807) is 18.3 Å². The fourth-order valence-electron chi connectivity index (χ4n) is 2.24. The number of benzene rings is 2. The van der Waals surface area contributed by atoms with Crippen molar-refractivity contribution in [2.45, 2.75) is 6.54 Å². The second-order valence-electron chi connectivity index (χ2n) is 5.32. The number of anilines is 1. The number of nitrogens with two attached hydrogens (primary N) is 1. The average Bonchev–Trinajstić information content (AvgIpc) is 2.62. The summed E-state index contributed by atoms with van der Waals surface area (Å²) in [5.74, 6) is 1.45. The second kappa shape index (κ2) is 7.98. The van der Waals surface area contributed by atoms with Crippen molar-refractivity contribution in [2.24, 2.45) is 0 Å². The lowest BCUT2D eigenvalue weighted by Gasteiger charge is -2.09. The first-order chi connectivity index (χ1) is 12.1. The van der Waals surface area contributed by atoms with Gasteiger partial charge in [0, 0.05) is 16.3 Å². The molecule has 0 fully saturated rings. The van der Waals surface area contributed by atoms with E-state index >= 15 is 0 Å². The molecule has 0 radical (unpaired) electrons. The monoisotopic (exact) mass is 445 g/mol. The van der Waals surface area contributed by atoms with Crippen LogP contribution in [0.15, 0.2) is 66.9 Å². The Morgan fingerprint density at radius 1 is 1.08 bits per heavy atom. The van der Waals surface area contributed by atoms with Gasteiger partial charge in [0.1, 0.15) is 17.3 Å². The fourth-order valence-corrected chi connectivity index (χ4v) is 2.60. The number of carbonyl (C=O) groups is 1. The van der Waals surface area contributed by atoms with E-state index in [1.807, 2.05) is 48.5 Å². The van der Waals surface area contributed by atoms with E-state index in [0.29, 0.717) is 17.9 Å². The number of carbonyl (C=O) groups excluding carboxylic acids is 1. The van der Waals surface area contributed by atoms with Crippen molar-refractivity contribution in [3.63, 3.8) is 0 Å². The highest BCUT2D eigenvalue weighted by Gasteiger charge is 2.09. The van der Waals surface area contributed by atoms with Crippen LogP contribution in [0.3, 0.4) is 0 Å². The van der Waals surface area contributed by atoms with Gasteiger partial charge in [-0.15, -0.1) is 0 Å². The van der Waals surface area contributed by atoms with Crippen LogP contribution >= 0.6 is 22.6 Å². The zero-order chi connectivity index (χ0) is 17.6. The quantitative estimate of drug-likeness (QED) is 0.583. The molecule has 0 aliphatic heterocycles. The van der Waals surface area contributed by atoms with Crippen LogP contribution in [-0.2, 0) is 6.54 Å². The maximum Gasteiger partial charge on any atom is 0.255 e. The lowest BCUT2D eigenvalue weighted by Crippen LogP contribution is -2.24. The summed E-state index contributed by atoms with van der Waals surface area (Å²) >= 11 is 2.25. The smallest absolute Gasteiger partial charge is 0.255 e. The van der Waals surface area contributed by atoms with Gasteiger partial charge in [0.25, 0.3) is 5.91 Å². The number of hydrogen-bond acceptors (Lipinski definition) is 4. The molecule has 0 saturated carbocycles. The van der Waals surface area contributed by atoms with Gasteiger partial charge in [-0.05, 0) is 76.7 Å². The lowest BCUT2D eigenvalue weighted by atomic mass is 10.2. The van der Waals surface area contributed by atoms with Crippen LogP contribution < -0.4 is 15.8 Å². The normalized spacial score (nSPS) is 10.3. The summed E-state index contributed by atoms with van der Waals surface area (Å²) < 4.78 is 6.99. The first kappa shape index (κ1) is 17.2. The van der Waals surface area contributed by atoms with Gasteiger partial charge in [0.2, 0.25) is 0 Å². The molecule has 3 N–H and O–H groups in total. The second-order valence-corrected chi connectivity index (χ2v) is 6.57. The Hall–Kier alpha value is -2.61. The van der Waals surface area contributed by atoms with Crippen molar-refractivity contribution < 1.29 is 9.53 Å². The molecule has 0 bridgehead atoms. The number of rotatable bonds is 5. The molecule has 1 amide bonds. The molecule has 1 heterocycles. The molecule has 0 unspecified atom stereocenters. The SMILES string of the molecule is Nc1ncccc1C(=O)NCc1cccc(Oc2ccc(I)cc2)c1. The van der Waals surface area contributed by atoms with Crippen LogP contribution in [0.4, 0.5) is 5.82 Å². The number of amides is 1. The number of pyridine rings is 1. The van der Waals surface area contributed by atoms with E-state index in [4.69, 9.17) is 10.5 Å². The first-order valence-electron chi connectivity index (χ1n) is 7.63. The topological polar surface area (TPSA) is 77.2 Å². The summed E-state index contributed by atoms with van der Waals surface area (Å²) in [6.45, 7) is 0.372. The number of aromatic nitrogens is 1. The van der Waals surface area contributed by atoms with Crippen LogP contribution in [0.1, 0.15) is 15.9 Å². The van der Waals surface area contributed by atoms with Gasteiger partial charge in [-0.3, -0.25) is 4.79 Å². The minimum absolute atomic E-state index is 0.218. The number of nitrogens with one attached hydrogen (secondary N) is 1. The van der Waals surface area contributed by atoms with E-state index in [-0.39, 0.29) is 11.7 Å². The van der Waals surface area contributed by atoms with E-state index < -0.39 is 0 Å². The zero-order valence-corrected chi connectivity index (χ0v) is 15.4. The van der Waals surface area contributed by atoms with Crippen molar-refractivity contribution >= 4 is 34.3 Å². The van der Waals surface area contributed by atoms with Crippen molar-refractivity contribution in [3.05, 3.63) is 81.6 Å². The highest BCUT2D eigenvalue weighted by molar-refractivity contribution is 14.1. The molecule has 25 heavy (non-hydrogen) atoms. The Morgan fingerprint density at radius 2 is 1.88 bits per heavy atom. The Morgan fingerprint density at radius 3 is 2.64 bits per heavy atom. The van der Waals surface area contributed by atoms with Crippen molar-refractivity contribution in [1.29, 1.82) is 0 Å². The van der Waals surface area contributed by atoms with Gasteiger partial charge in [0.05, 0.1) is 5.56 Å². The Balaban J connectivity index is 1.64. The molecule has 0 atom stereocenters. The summed E-state index contributed by atoms with van der Waals surface area (Å²) in [7, 11) is 0. The third-order valence-electron chi connectivity index (χ3n) is 3.48. The number of halogens is 1. The lowest BCUT2D eigenvalue weighted by molar-refractivity contribution is 0.0951. The molecule has 5 nitrogen and oxygen atoms in total. The molecule has 3 rings (SSSR count). The van der Waals surface area contributed by atoms with Crippen molar-refractivity contribution in [2.75, 3.05) is 5.73 Å². The summed E-state index contributed by atoms with van der Waals surface area (Å²) in [5, 5.41) is 2.84. The van der Waals surface area contributed by atoms with Crippen LogP contribution in [0.2, 0.25) is 0 Å². The number of nitrogen functional groups attached to an aromatic ring is 1. The molecule has 3 aromatic rings. The number of ether oxygens (including phenoxy) is 1. The average molecular weight is 445 g/mol. The van der Waals surface area contributed by atoms with Gasteiger partial charge in [-0.1, -0.05) is 12.1 Å². The minimum atomic E-state index is -0.255. The number of hydrogen-bond donors (Lipinski definition) is 2. The molecule has 6 heteroatoms. The van der Waals surface area contributed by atoms with Gasteiger partial charge < -0.3 is 15.8 Å². The first-order valence-corrected chi connectivity index (χ1v) is 8.71. The highest BCUT2D eigenvalue weighted by Crippen LogP contribution is 2.23. The van der Waals surface area contributed by atoms with Gasteiger partial charge in [-0.2, -0.15) is 0 Å². The predicted octanol–water partition coefficient (Wildman–Crippen LogP) is 3.99. The van der Waals surface area contributed by atoms with Gasteiger partial charge in [0.15, 0.2) is 0 Å². The van der Waals surface area contributed by atoms with E-state index in [2.05, 4.69) is 32.9 Å². The maximum absolute atomic E-state index is 12.2. The molecule has 0 aliphatic rings. The largest absolute Gasteiger partial charge is 0.457 e. The minimum Gasteiger partial charge on any atom is -0.457 e. The molecular weight excluding hydrogens is 429 g/mol. The van der Waals surface area contributed by atoms with Crippen molar-refractivity contribution in [1.82, 2.24) is 10.3 Å². The Bertz CT molecular complexity index is 882. The molecular formula is C19H16IN3O2. The highest BCUT2D eigenvalue weighted by atomic mass is 127.